The van der Waals surface area contributed by atoms with Crippen LogP contribution in [0.3, 0.4) is 0 Å². The lowest BCUT2D eigenvalue weighted by atomic mass is 9.95. The molecule has 1 saturated heterocycles. The van der Waals surface area contributed by atoms with Crippen LogP contribution in [0, 0.1) is 5.92 Å². The van der Waals surface area contributed by atoms with Gasteiger partial charge in [0.05, 0.1) is 0 Å². The molecule has 0 aromatic carbocycles. The van der Waals surface area contributed by atoms with Crippen molar-refractivity contribution in [1.82, 2.24) is 9.80 Å². The van der Waals surface area contributed by atoms with E-state index in [4.69, 9.17) is 0 Å². The van der Waals surface area contributed by atoms with Gasteiger partial charge in [0.2, 0.25) is 11.8 Å². The van der Waals surface area contributed by atoms with Crippen LogP contribution in [0.4, 0.5) is 0 Å². The minimum absolute atomic E-state index is 0.1000. The van der Waals surface area contributed by atoms with Gasteiger partial charge < -0.3 is 9.80 Å². The molecular formula is C12H22N2O2. The second-order valence-corrected chi connectivity index (χ2v) is 4.82. The normalized spacial score (nSPS) is 17.7. The Morgan fingerprint density at radius 1 is 1.25 bits per heavy atom. The van der Waals surface area contributed by atoms with E-state index in [0.29, 0.717) is 0 Å². The predicted octanol–water partition coefficient (Wildman–Crippen LogP) is 1.11. The van der Waals surface area contributed by atoms with Gasteiger partial charge in [0.15, 0.2) is 0 Å². The number of likely N-dealkylation sites (tertiary alicyclic amines) is 1. The monoisotopic (exact) mass is 226 g/mol. The van der Waals surface area contributed by atoms with Crippen LogP contribution in [0.5, 0.6) is 0 Å². The lowest BCUT2D eigenvalue weighted by molar-refractivity contribution is -0.140. The maximum absolute atomic E-state index is 12.0. The molecule has 1 aliphatic heterocycles. The summed E-state index contributed by atoms with van der Waals surface area (Å²) in [7, 11) is 1.85. The van der Waals surface area contributed by atoms with E-state index in [-0.39, 0.29) is 23.8 Å². The van der Waals surface area contributed by atoms with Crippen molar-refractivity contribution < 1.29 is 9.59 Å². The summed E-state index contributed by atoms with van der Waals surface area (Å²) in [6, 6.07) is 0.248. The van der Waals surface area contributed by atoms with Crippen LogP contribution >= 0.6 is 0 Å². The molecule has 0 aliphatic carbocycles. The molecule has 0 spiro atoms. The van der Waals surface area contributed by atoms with Gasteiger partial charge in [0.25, 0.3) is 0 Å². The highest BCUT2D eigenvalue weighted by Crippen LogP contribution is 2.20. The van der Waals surface area contributed by atoms with E-state index >= 15 is 0 Å². The van der Waals surface area contributed by atoms with E-state index in [0.717, 1.165) is 25.9 Å². The Morgan fingerprint density at radius 3 is 2.12 bits per heavy atom. The molecule has 0 aromatic heterocycles. The van der Waals surface area contributed by atoms with Crippen LogP contribution in [0.1, 0.15) is 33.6 Å². The number of nitrogens with zero attached hydrogens (tertiary/aromatic N) is 2. The fourth-order valence-corrected chi connectivity index (χ4v) is 1.98. The summed E-state index contributed by atoms with van der Waals surface area (Å²) >= 11 is 0. The average Bonchev–Trinajstić information content (AvgIpc) is 2.27. The number of carbonyl (C=O) groups is 2. The molecule has 1 rings (SSSR count). The smallest absolute Gasteiger partial charge is 0.225 e. The number of carbonyl (C=O) groups excluding carboxylic acids is 2. The molecular weight excluding hydrogens is 204 g/mol. The summed E-state index contributed by atoms with van der Waals surface area (Å²) in [6.45, 7) is 7.06. The Hall–Kier alpha value is -1.06. The van der Waals surface area contributed by atoms with Gasteiger partial charge in [-0.2, -0.15) is 0 Å². The lowest BCUT2D eigenvalue weighted by Gasteiger charge is -2.33. The van der Waals surface area contributed by atoms with Crippen molar-refractivity contribution in [2.24, 2.45) is 5.92 Å². The van der Waals surface area contributed by atoms with Gasteiger partial charge in [-0.3, -0.25) is 9.59 Å². The second kappa shape index (κ2) is 5.32. The molecule has 92 valence electrons. The van der Waals surface area contributed by atoms with Crippen LogP contribution in [0.2, 0.25) is 0 Å². The number of piperidine rings is 1. The summed E-state index contributed by atoms with van der Waals surface area (Å²) in [5, 5.41) is 0. The quantitative estimate of drug-likeness (QED) is 0.707. The minimum atomic E-state index is 0.1000. The van der Waals surface area contributed by atoms with Gasteiger partial charge in [-0.1, -0.05) is 0 Å². The zero-order chi connectivity index (χ0) is 12.3. The van der Waals surface area contributed by atoms with Gasteiger partial charge in [-0.15, -0.1) is 0 Å². The summed E-state index contributed by atoms with van der Waals surface area (Å²) in [4.78, 5) is 26.8. The number of rotatable bonds is 2. The molecule has 4 heteroatoms. The van der Waals surface area contributed by atoms with E-state index in [2.05, 4.69) is 0 Å². The highest BCUT2D eigenvalue weighted by Gasteiger charge is 2.28. The Kier molecular flexibility index (Phi) is 4.33. The Bertz CT molecular complexity index is 268. The molecule has 0 aromatic rings. The highest BCUT2D eigenvalue weighted by molar-refractivity contribution is 5.79. The lowest BCUT2D eigenvalue weighted by Crippen LogP contribution is -2.44. The maximum atomic E-state index is 12.0. The molecule has 0 radical (unpaired) electrons. The van der Waals surface area contributed by atoms with E-state index in [9.17, 15) is 9.59 Å². The van der Waals surface area contributed by atoms with Crippen molar-refractivity contribution in [1.29, 1.82) is 0 Å². The minimum Gasteiger partial charge on any atom is -0.343 e. The highest BCUT2D eigenvalue weighted by atomic mass is 16.2. The first-order chi connectivity index (χ1) is 7.43. The first kappa shape index (κ1) is 13.0. The Morgan fingerprint density at radius 2 is 1.75 bits per heavy atom. The van der Waals surface area contributed by atoms with Crippen LogP contribution < -0.4 is 0 Å². The van der Waals surface area contributed by atoms with Gasteiger partial charge in [0, 0.05) is 39.0 Å². The van der Waals surface area contributed by atoms with Crippen LogP contribution in [-0.2, 0) is 9.59 Å². The zero-order valence-electron chi connectivity index (χ0n) is 10.7. The molecule has 0 atom stereocenters. The van der Waals surface area contributed by atoms with Gasteiger partial charge in [0.1, 0.15) is 0 Å². The third-order valence-corrected chi connectivity index (χ3v) is 3.41. The largest absolute Gasteiger partial charge is 0.343 e. The maximum Gasteiger partial charge on any atom is 0.225 e. The molecule has 0 saturated carbocycles. The number of hydrogen-bond acceptors (Lipinski definition) is 2. The summed E-state index contributed by atoms with van der Waals surface area (Å²) < 4.78 is 0. The van der Waals surface area contributed by atoms with Gasteiger partial charge in [-0.25, -0.2) is 0 Å². The SMILES string of the molecule is CC(=O)N1CCC(C(=O)N(C)C(C)C)CC1. The average molecular weight is 226 g/mol. The van der Waals surface area contributed by atoms with Crippen LogP contribution in [-0.4, -0.2) is 47.8 Å². The summed E-state index contributed by atoms with van der Waals surface area (Å²) in [5.41, 5.74) is 0. The van der Waals surface area contributed by atoms with E-state index in [1.54, 1.807) is 11.8 Å². The fraction of sp³-hybridized carbons (Fsp3) is 0.833. The summed E-state index contributed by atoms with van der Waals surface area (Å²) in [5.74, 6) is 0.435. The molecule has 16 heavy (non-hydrogen) atoms. The van der Waals surface area contributed by atoms with Crippen molar-refractivity contribution in [2.45, 2.75) is 39.7 Å². The first-order valence-corrected chi connectivity index (χ1v) is 5.95. The molecule has 2 amide bonds. The van der Waals surface area contributed by atoms with Crippen LogP contribution in [0.15, 0.2) is 0 Å². The third-order valence-electron chi connectivity index (χ3n) is 3.41. The second-order valence-electron chi connectivity index (χ2n) is 4.82. The van der Waals surface area contributed by atoms with E-state index < -0.39 is 0 Å². The number of amides is 2. The van der Waals surface area contributed by atoms with Crippen molar-refractivity contribution in [2.75, 3.05) is 20.1 Å². The van der Waals surface area contributed by atoms with Gasteiger partial charge in [-0.05, 0) is 26.7 Å². The Labute approximate surface area is 97.6 Å². The zero-order valence-corrected chi connectivity index (χ0v) is 10.7. The third kappa shape index (κ3) is 2.97. The van der Waals surface area contributed by atoms with Crippen molar-refractivity contribution in [3.8, 4) is 0 Å². The molecule has 4 nitrogen and oxygen atoms in total. The first-order valence-electron chi connectivity index (χ1n) is 5.95. The molecule has 1 fully saturated rings. The van der Waals surface area contributed by atoms with Crippen LogP contribution in [0.25, 0.3) is 0 Å². The molecule has 1 heterocycles. The molecule has 1 aliphatic rings. The molecule has 0 N–H and O–H groups in total. The Balaban J connectivity index is 2.47. The topological polar surface area (TPSA) is 40.6 Å². The van der Waals surface area contributed by atoms with E-state index in [1.165, 1.54) is 0 Å². The molecule has 0 bridgehead atoms. The predicted molar refractivity (Wildman–Crippen MR) is 62.9 cm³/mol. The van der Waals surface area contributed by atoms with Gasteiger partial charge >= 0.3 is 0 Å². The van der Waals surface area contributed by atoms with Crippen molar-refractivity contribution in [3.63, 3.8) is 0 Å². The summed E-state index contributed by atoms with van der Waals surface area (Å²) in [6.07, 6.45) is 1.60. The fourth-order valence-electron chi connectivity index (χ4n) is 1.98. The molecule has 0 unspecified atom stereocenters. The standard InChI is InChI=1S/C12H22N2O2/c1-9(2)13(4)12(16)11-5-7-14(8-6-11)10(3)15/h9,11H,5-8H2,1-4H3. The van der Waals surface area contributed by atoms with Crippen molar-refractivity contribution in [3.05, 3.63) is 0 Å². The van der Waals surface area contributed by atoms with E-state index in [1.807, 2.05) is 25.8 Å². The van der Waals surface area contributed by atoms with Crippen molar-refractivity contribution >= 4 is 11.8 Å². The number of hydrogen-bond donors (Lipinski definition) is 0.